The number of aliphatic hydroxyl groups is 2. The van der Waals surface area contributed by atoms with Crippen LogP contribution in [0.4, 0.5) is 11.4 Å². The van der Waals surface area contributed by atoms with Crippen molar-refractivity contribution in [2.45, 2.75) is 31.9 Å². The molecule has 30 heavy (non-hydrogen) atoms. The molecule has 0 aromatic heterocycles. The Bertz CT molecular complexity index is 998. The summed E-state index contributed by atoms with van der Waals surface area (Å²) in [5.41, 5.74) is 11.1. The first kappa shape index (κ1) is 20.2. The number of rotatable bonds is 5. The first-order valence-corrected chi connectivity index (χ1v) is 10.3. The number of allylic oxidation sites excluding steroid dienone is 1. The second-order valence-corrected chi connectivity index (χ2v) is 7.87. The van der Waals surface area contributed by atoms with E-state index in [9.17, 15) is 15.0 Å². The number of para-hydroxylation sites is 2. The number of carbonyl (C=O) groups is 1. The summed E-state index contributed by atoms with van der Waals surface area (Å²) < 4.78 is 0. The molecule has 2 aromatic carbocycles. The van der Waals surface area contributed by atoms with Gasteiger partial charge in [0.1, 0.15) is 0 Å². The number of nitrogens with one attached hydrogen (secondary N) is 2. The Labute approximate surface area is 176 Å². The zero-order valence-electron chi connectivity index (χ0n) is 16.8. The highest BCUT2D eigenvalue weighted by Gasteiger charge is 2.35. The summed E-state index contributed by atoms with van der Waals surface area (Å²) in [7, 11) is 0. The molecule has 6 nitrogen and oxygen atoms in total. The quantitative estimate of drug-likeness (QED) is 0.492. The molecule has 6 N–H and O–H groups in total. The molecule has 1 aliphatic heterocycles. The molecule has 1 fully saturated rings. The molecule has 0 radical (unpaired) electrons. The van der Waals surface area contributed by atoms with Crippen molar-refractivity contribution >= 4 is 22.9 Å². The minimum absolute atomic E-state index is 0.115. The van der Waals surface area contributed by atoms with Gasteiger partial charge in [-0.05, 0) is 55.4 Å². The topological polar surface area (TPSA) is 108 Å². The van der Waals surface area contributed by atoms with Crippen molar-refractivity contribution < 1.29 is 15.0 Å². The number of hydrogen-bond acceptors (Lipinski definition) is 5. The Morgan fingerprint density at radius 2 is 1.87 bits per heavy atom. The number of carbonyl (C=O) groups excluding carboxylic acids is 1. The number of nitrogens with two attached hydrogens (primary N) is 1. The van der Waals surface area contributed by atoms with Crippen molar-refractivity contribution in [2.24, 2.45) is 5.92 Å². The SMILES string of the molecule is Nc1ccccc1/C(C1=C(Nc2ccccc2)C(O)NC1=O)=C1\CCCC(CO)C1. The van der Waals surface area contributed by atoms with Gasteiger partial charge in [0.05, 0.1) is 11.3 Å². The van der Waals surface area contributed by atoms with Crippen LogP contribution in [-0.4, -0.2) is 29.0 Å². The van der Waals surface area contributed by atoms with Crippen LogP contribution in [0.2, 0.25) is 0 Å². The standard InChI is InChI=1S/C24H27N3O3/c25-19-12-5-4-11-18(19)20(16-8-6-7-15(13-16)14-28)21-22(24(30)27-23(21)29)26-17-9-2-1-3-10-17/h1-5,9-12,15,24,26,28,30H,6-8,13-14,25H2,(H,27,29)/b20-16-. The molecule has 0 saturated heterocycles. The van der Waals surface area contributed by atoms with Crippen molar-refractivity contribution in [2.75, 3.05) is 17.7 Å². The van der Waals surface area contributed by atoms with Crippen LogP contribution in [0.1, 0.15) is 31.2 Å². The van der Waals surface area contributed by atoms with Crippen molar-refractivity contribution in [1.29, 1.82) is 0 Å². The summed E-state index contributed by atoms with van der Waals surface area (Å²) in [6, 6.07) is 16.9. The monoisotopic (exact) mass is 405 g/mol. The third-order valence-corrected chi connectivity index (χ3v) is 5.81. The lowest BCUT2D eigenvalue weighted by Crippen LogP contribution is -2.30. The first-order chi connectivity index (χ1) is 14.6. The van der Waals surface area contributed by atoms with Gasteiger partial charge >= 0.3 is 0 Å². The van der Waals surface area contributed by atoms with E-state index in [0.29, 0.717) is 23.4 Å². The predicted molar refractivity (Wildman–Crippen MR) is 118 cm³/mol. The summed E-state index contributed by atoms with van der Waals surface area (Å²) in [5, 5.41) is 26.2. The van der Waals surface area contributed by atoms with E-state index in [0.717, 1.165) is 41.7 Å². The van der Waals surface area contributed by atoms with Gasteiger partial charge in [-0.3, -0.25) is 4.79 Å². The van der Waals surface area contributed by atoms with Crippen LogP contribution in [0, 0.1) is 5.92 Å². The summed E-state index contributed by atoms with van der Waals surface area (Å²) in [6.07, 6.45) is 2.29. The molecule has 2 aromatic rings. The summed E-state index contributed by atoms with van der Waals surface area (Å²) in [4.78, 5) is 13.0. The highest BCUT2D eigenvalue weighted by molar-refractivity contribution is 6.14. The number of amides is 1. The molecule has 6 heteroatoms. The average molecular weight is 405 g/mol. The summed E-state index contributed by atoms with van der Waals surface area (Å²) in [5.74, 6) is -0.174. The fraction of sp³-hybridized carbons (Fsp3) is 0.292. The fourth-order valence-corrected chi connectivity index (χ4v) is 4.35. The number of hydrogen-bond donors (Lipinski definition) is 5. The molecule has 4 rings (SSSR count). The van der Waals surface area contributed by atoms with E-state index in [2.05, 4.69) is 10.6 Å². The van der Waals surface area contributed by atoms with Crippen molar-refractivity contribution in [3.63, 3.8) is 0 Å². The molecule has 156 valence electrons. The average Bonchev–Trinajstić information content (AvgIpc) is 3.03. The van der Waals surface area contributed by atoms with Crippen LogP contribution < -0.4 is 16.4 Å². The minimum atomic E-state index is -1.13. The Morgan fingerprint density at radius 1 is 1.13 bits per heavy atom. The second kappa shape index (κ2) is 8.73. The molecule has 1 saturated carbocycles. The highest BCUT2D eigenvalue weighted by Crippen LogP contribution is 2.41. The smallest absolute Gasteiger partial charge is 0.256 e. The van der Waals surface area contributed by atoms with E-state index in [1.807, 2.05) is 54.6 Å². The highest BCUT2D eigenvalue weighted by atomic mass is 16.3. The maximum atomic E-state index is 13.0. The molecule has 2 atom stereocenters. The van der Waals surface area contributed by atoms with Crippen LogP contribution >= 0.6 is 0 Å². The predicted octanol–water partition coefficient (Wildman–Crippen LogP) is 3.02. The van der Waals surface area contributed by atoms with Crippen LogP contribution in [-0.2, 0) is 4.79 Å². The normalized spacial score (nSPS) is 23.3. The lowest BCUT2D eigenvalue weighted by Gasteiger charge is -2.26. The largest absolute Gasteiger partial charge is 0.398 e. The molecule has 0 spiro atoms. The van der Waals surface area contributed by atoms with E-state index >= 15 is 0 Å². The molecule has 1 amide bonds. The summed E-state index contributed by atoms with van der Waals surface area (Å²) in [6.45, 7) is 0.115. The number of benzene rings is 2. The lowest BCUT2D eigenvalue weighted by atomic mass is 9.79. The Morgan fingerprint density at radius 3 is 2.60 bits per heavy atom. The van der Waals surface area contributed by atoms with E-state index in [-0.39, 0.29) is 18.4 Å². The van der Waals surface area contributed by atoms with Gasteiger partial charge in [0.15, 0.2) is 6.23 Å². The van der Waals surface area contributed by atoms with Gasteiger partial charge < -0.3 is 26.6 Å². The van der Waals surface area contributed by atoms with Crippen LogP contribution in [0.3, 0.4) is 0 Å². The molecular weight excluding hydrogens is 378 g/mol. The van der Waals surface area contributed by atoms with E-state index < -0.39 is 6.23 Å². The van der Waals surface area contributed by atoms with Gasteiger partial charge in [0, 0.05) is 23.5 Å². The Kier molecular flexibility index (Phi) is 5.88. The fourth-order valence-electron chi connectivity index (χ4n) is 4.35. The van der Waals surface area contributed by atoms with Crippen molar-refractivity contribution in [3.05, 3.63) is 77.0 Å². The molecule has 1 heterocycles. The van der Waals surface area contributed by atoms with Gasteiger partial charge in [-0.1, -0.05) is 42.0 Å². The van der Waals surface area contributed by atoms with Crippen LogP contribution in [0.25, 0.3) is 5.57 Å². The molecule has 1 aliphatic carbocycles. The number of anilines is 2. The lowest BCUT2D eigenvalue weighted by molar-refractivity contribution is -0.117. The number of nitrogen functional groups attached to an aromatic ring is 1. The third kappa shape index (κ3) is 3.97. The Hall–Kier alpha value is -3.09. The van der Waals surface area contributed by atoms with E-state index in [1.54, 1.807) is 0 Å². The maximum Gasteiger partial charge on any atom is 0.256 e. The van der Waals surface area contributed by atoms with E-state index in [1.165, 1.54) is 0 Å². The third-order valence-electron chi connectivity index (χ3n) is 5.81. The first-order valence-electron chi connectivity index (χ1n) is 10.3. The van der Waals surface area contributed by atoms with E-state index in [4.69, 9.17) is 5.73 Å². The van der Waals surface area contributed by atoms with Gasteiger partial charge in [0.2, 0.25) is 0 Å². The molecule has 2 unspecified atom stereocenters. The minimum Gasteiger partial charge on any atom is -0.398 e. The Balaban J connectivity index is 1.90. The van der Waals surface area contributed by atoms with Crippen molar-refractivity contribution in [1.82, 2.24) is 5.32 Å². The van der Waals surface area contributed by atoms with Crippen molar-refractivity contribution in [3.8, 4) is 0 Å². The van der Waals surface area contributed by atoms with Crippen LogP contribution in [0.5, 0.6) is 0 Å². The van der Waals surface area contributed by atoms with Gasteiger partial charge in [-0.25, -0.2) is 0 Å². The second-order valence-electron chi connectivity index (χ2n) is 7.87. The van der Waals surface area contributed by atoms with Gasteiger partial charge in [0.25, 0.3) is 5.91 Å². The number of aliphatic hydroxyl groups excluding tert-OH is 2. The molecule has 2 aliphatic rings. The molecular formula is C24H27N3O3. The van der Waals surface area contributed by atoms with Gasteiger partial charge in [-0.2, -0.15) is 0 Å². The molecule has 0 bridgehead atoms. The van der Waals surface area contributed by atoms with Crippen LogP contribution in [0.15, 0.2) is 71.4 Å². The summed E-state index contributed by atoms with van der Waals surface area (Å²) >= 11 is 0. The maximum absolute atomic E-state index is 13.0. The zero-order valence-corrected chi connectivity index (χ0v) is 16.8. The zero-order chi connectivity index (χ0) is 21.1. The van der Waals surface area contributed by atoms with Gasteiger partial charge in [-0.15, -0.1) is 0 Å².